The van der Waals surface area contributed by atoms with Crippen molar-refractivity contribution in [3.63, 3.8) is 0 Å². The van der Waals surface area contributed by atoms with E-state index in [2.05, 4.69) is 15.5 Å². The number of carbonyl (C=O) groups is 1. The number of rotatable bonds is 7. The average Bonchev–Trinajstić information content (AvgIpc) is 3.23. The molecule has 1 aromatic carbocycles. The Morgan fingerprint density at radius 3 is 2.68 bits per heavy atom. The Labute approximate surface area is 170 Å². The van der Waals surface area contributed by atoms with E-state index in [4.69, 9.17) is 23.2 Å². The molecule has 146 valence electrons. The summed E-state index contributed by atoms with van der Waals surface area (Å²) in [4.78, 5) is 22.2. The van der Waals surface area contributed by atoms with Crippen LogP contribution in [-0.2, 0) is 17.9 Å². The second-order valence-corrected chi connectivity index (χ2v) is 6.86. The van der Waals surface area contributed by atoms with Gasteiger partial charge >= 0.3 is 5.69 Å². The maximum absolute atomic E-state index is 12.1. The minimum atomic E-state index is -0.537. The molecule has 0 saturated carbocycles. The predicted octanol–water partition coefficient (Wildman–Crippen LogP) is 3.68. The van der Waals surface area contributed by atoms with E-state index in [0.717, 1.165) is 17.5 Å². The Kier molecular flexibility index (Phi) is 5.96. The summed E-state index contributed by atoms with van der Waals surface area (Å²) in [5.41, 5.74) is 1.46. The molecule has 1 N–H and O–H groups in total. The summed E-state index contributed by atoms with van der Waals surface area (Å²) in [6, 6.07) is 7.01. The number of hydrogen-bond donors (Lipinski definition) is 1. The van der Waals surface area contributed by atoms with Crippen molar-refractivity contribution >= 4 is 40.6 Å². The number of anilines is 1. The van der Waals surface area contributed by atoms with Gasteiger partial charge in [0, 0.05) is 40.3 Å². The maximum atomic E-state index is 12.1. The molecule has 0 radical (unpaired) electrons. The summed E-state index contributed by atoms with van der Waals surface area (Å²) in [5.74, 6) is 0.121. The minimum Gasteiger partial charge on any atom is -0.309 e. The van der Waals surface area contributed by atoms with Crippen LogP contribution in [0, 0.1) is 17.0 Å². The van der Waals surface area contributed by atoms with Crippen LogP contribution in [0.3, 0.4) is 0 Å². The van der Waals surface area contributed by atoms with E-state index in [1.807, 2.05) is 6.92 Å². The molecule has 28 heavy (non-hydrogen) atoms. The number of nitrogens with one attached hydrogen (secondary N) is 1. The van der Waals surface area contributed by atoms with Crippen molar-refractivity contribution in [3.8, 4) is 0 Å². The Bertz CT molecular complexity index is 1010. The summed E-state index contributed by atoms with van der Waals surface area (Å²) < 4.78 is 3.04. The maximum Gasteiger partial charge on any atom is 0.306 e. The highest BCUT2D eigenvalue weighted by Gasteiger charge is 2.13. The molecule has 1 amide bonds. The molecular weight excluding hydrogens is 407 g/mol. The van der Waals surface area contributed by atoms with Crippen molar-refractivity contribution in [3.05, 3.63) is 68.1 Å². The number of benzene rings is 1. The van der Waals surface area contributed by atoms with E-state index in [-0.39, 0.29) is 24.6 Å². The first-order valence-electron chi connectivity index (χ1n) is 8.27. The molecule has 0 atom stereocenters. The van der Waals surface area contributed by atoms with Crippen LogP contribution in [0.1, 0.15) is 17.7 Å². The first kappa shape index (κ1) is 19.8. The van der Waals surface area contributed by atoms with E-state index in [9.17, 15) is 14.9 Å². The van der Waals surface area contributed by atoms with Crippen LogP contribution < -0.4 is 5.32 Å². The van der Waals surface area contributed by atoms with Crippen molar-refractivity contribution in [1.82, 2.24) is 19.6 Å². The smallest absolute Gasteiger partial charge is 0.306 e. The molecule has 11 heteroatoms. The molecule has 0 saturated heterocycles. The zero-order valence-corrected chi connectivity index (χ0v) is 16.3. The number of carbonyl (C=O) groups excluding carboxylic acids is 1. The lowest BCUT2D eigenvalue weighted by Crippen LogP contribution is -2.15. The average molecular weight is 423 g/mol. The molecular formula is C17H16Cl2N6O3. The lowest BCUT2D eigenvalue weighted by molar-refractivity contribution is -0.385. The first-order chi connectivity index (χ1) is 13.3. The van der Waals surface area contributed by atoms with Gasteiger partial charge in [0.15, 0.2) is 5.82 Å². The number of aromatic nitrogens is 4. The molecule has 0 aliphatic carbocycles. The molecule has 0 spiro atoms. The van der Waals surface area contributed by atoms with Gasteiger partial charge in [0.25, 0.3) is 0 Å². The molecule has 0 aliphatic rings. The fraction of sp³-hybridized carbons (Fsp3) is 0.235. The summed E-state index contributed by atoms with van der Waals surface area (Å²) in [6.07, 6.45) is 2.52. The molecule has 3 aromatic rings. The fourth-order valence-corrected chi connectivity index (χ4v) is 3.07. The van der Waals surface area contributed by atoms with Crippen molar-refractivity contribution in [2.75, 3.05) is 5.32 Å². The highest BCUT2D eigenvalue weighted by Crippen LogP contribution is 2.25. The van der Waals surface area contributed by atoms with Crippen LogP contribution in [0.5, 0.6) is 0 Å². The van der Waals surface area contributed by atoms with E-state index < -0.39 is 4.92 Å². The SMILES string of the molecule is Cc1cc(NC(=O)CCn2cc([N+](=O)[O-])cn2)nn1Cc1c(Cl)cccc1Cl. The summed E-state index contributed by atoms with van der Waals surface area (Å²) in [5, 5.41) is 22.7. The van der Waals surface area contributed by atoms with Gasteiger partial charge in [-0.25, -0.2) is 0 Å². The number of nitro groups is 1. The lowest BCUT2D eigenvalue weighted by atomic mass is 10.2. The van der Waals surface area contributed by atoms with Gasteiger partial charge in [-0.1, -0.05) is 29.3 Å². The van der Waals surface area contributed by atoms with Gasteiger partial charge in [0.05, 0.1) is 11.5 Å². The fourth-order valence-electron chi connectivity index (χ4n) is 2.56. The van der Waals surface area contributed by atoms with Gasteiger partial charge < -0.3 is 5.32 Å². The van der Waals surface area contributed by atoms with E-state index in [1.165, 1.54) is 10.9 Å². The Balaban J connectivity index is 1.61. The van der Waals surface area contributed by atoms with Gasteiger partial charge in [-0.05, 0) is 19.1 Å². The van der Waals surface area contributed by atoms with E-state index >= 15 is 0 Å². The summed E-state index contributed by atoms with van der Waals surface area (Å²) >= 11 is 12.4. The van der Waals surface area contributed by atoms with Gasteiger partial charge in [0.2, 0.25) is 5.91 Å². The highest BCUT2D eigenvalue weighted by molar-refractivity contribution is 6.35. The third kappa shape index (κ3) is 4.68. The molecule has 9 nitrogen and oxygen atoms in total. The van der Waals surface area contributed by atoms with Gasteiger partial charge in [-0.3, -0.25) is 24.3 Å². The third-order valence-corrected chi connectivity index (χ3v) is 4.72. The Morgan fingerprint density at radius 2 is 2.04 bits per heavy atom. The number of nitrogens with zero attached hydrogens (tertiary/aromatic N) is 5. The van der Waals surface area contributed by atoms with Crippen LogP contribution in [0.4, 0.5) is 11.5 Å². The topological polar surface area (TPSA) is 108 Å². The molecule has 2 aromatic heterocycles. The van der Waals surface area contributed by atoms with E-state index in [1.54, 1.807) is 28.9 Å². The number of hydrogen-bond acceptors (Lipinski definition) is 5. The van der Waals surface area contributed by atoms with Crippen LogP contribution >= 0.6 is 23.2 Å². The lowest BCUT2D eigenvalue weighted by Gasteiger charge is -2.08. The van der Waals surface area contributed by atoms with Crippen LogP contribution in [-0.4, -0.2) is 30.4 Å². The molecule has 0 fully saturated rings. The number of halogens is 2. The minimum absolute atomic E-state index is 0.0983. The largest absolute Gasteiger partial charge is 0.309 e. The number of amides is 1. The Hall–Kier alpha value is -2.91. The molecule has 3 rings (SSSR count). The van der Waals surface area contributed by atoms with Crippen molar-refractivity contribution in [2.24, 2.45) is 0 Å². The van der Waals surface area contributed by atoms with Gasteiger partial charge in [0.1, 0.15) is 12.4 Å². The molecule has 0 aliphatic heterocycles. The third-order valence-electron chi connectivity index (χ3n) is 4.02. The summed E-state index contributed by atoms with van der Waals surface area (Å²) in [7, 11) is 0. The molecule has 0 unspecified atom stereocenters. The second kappa shape index (κ2) is 8.41. The highest BCUT2D eigenvalue weighted by atomic mass is 35.5. The van der Waals surface area contributed by atoms with Gasteiger partial charge in [-0.15, -0.1) is 0 Å². The quantitative estimate of drug-likeness (QED) is 0.461. The van der Waals surface area contributed by atoms with Crippen molar-refractivity contribution in [1.29, 1.82) is 0 Å². The monoisotopic (exact) mass is 422 g/mol. The van der Waals surface area contributed by atoms with Crippen molar-refractivity contribution < 1.29 is 9.72 Å². The van der Waals surface area contributed by atoms with Crippen LogP contribution in [0.2, 0.25) is 10.0 Å². The summed E-state index contributed by atoms with van der Waals surface area (Å²) in [6.45, 7) is 2.45. The molecule has 0 bridgehead atoms. The van der Waals surface area contributed by atoms with E-state index in [0.29, 0.717) is 22.4 Å². The standard InChI is InChI=1S/C17H16Cl2N6O3/c1-11-7-16(22-24(11)10-13-14(18)3-2-4-15(13)19)21-17(26)5-6-23-9-12(8-20-23)25(27)28/h2-4,7-9H,5-6,10H2,1H3,(H,21,22,26). The van der Waals surface area contributed by atoms with Crippen LogP contribution in [0.25, 0.3) is 0 Å². The zero-order valence-electron chi connectivity index (χ0n) is 14.8. The predicted molar refractivity (Wildman–Crippen MR) is 105 cm³/mol. The molecule has 2 heterocycles. The Morgan fingerprint density at radius 1 is 1.32 bits per heavy atom. The van der Waals surface area contributed by atoms with Crippen LogP contribution in [0.15, 0.2) is 36.7 Å². The second-order valence-electron chi connectivity index (χ2n) is 6.05. The van der Waals surface area contributed by atoms with Gasteiger partial charge in [-0.2, -0.15) is 10.2 Å². The number of aryl methyl sites for hydroxylation is 2. The normalized spacial score (nSPS) is 10.8. The van der Waals surface area contributed by atoms with Crippen molar-refractivity contribution in [2.45, 2.75) is 26.4 Å². The first-order valence-corrected chi connectivity index (χ1v) is 9.03. The zero-order chi connectivity index (χ0) is 20.3.